The fourth-order valence-corrected chi connectivity index (χ4v) is 3.22. The number of carbonyl (C=O) groups excluding carboxylic acids is 2. The van der Waals surface area contributed by atoms with Gasteiger partial charge in [-0.3, -0.25) is 9.59 Å². The number of nitrogens with two attached hydrogens (primary N) is 1. The first-order valence-corrected chi connectivity index (χ1v) is 7.63. The van der Waals surface area contributed by atoms with E-state index in [2.05, 4.69) is 0 Å². The van der Waals surface area contributed by atoms with Crippen LogP contribution in [0.1, 0.15) is 29.5 Å². The highest BCUT2D eigenvalue weighted by molar-refractivity contribution is 7.12. The Labute approximate surface area is 123 Å². The molecule has 1 aromatic rings. The van der Waals surface area contributed by atoms with Crippen molar-refractivity contribution in [3.05, 3.63) is 28.0 Å². The number of hydrogen-bond acceptors (Lipinski definition) is 3. The van der Waals surface area contributed by atoms with Gasteiger partial charge in [0.15, 0.2) is 0 Å². The lowest BCUT2D eigenvalue weighted by Gasteiger charge is -2.36. The van der Waals surface area contributed by atoms with Crippen molar-refractivity contribution < 1.29 is 9.59 Å². The van der Waals surface area contributed by atoms with Crippen molar-refractivity contribution in [3.63, 3.8) is 0 Å². The zero-order valence-corrected chi connectivity index (χ0v) is 12.7. The van der Waals surface area contributed by atoms with Gasteiger partial charge in [0.05, 0.1) is 5.92 Å². The normalized spacial score (nSPS) is 23.2. The summed E-state index contributed by atoms with van der Waals surface area (Å²) in [4.78, 5) is 27.6. The van der Waals surface area contributed by atoms with Gasteiger partial charge in [-0.2, -0.15) is 0 Å². The first-order chi connectivity index (χ1) is 9.47. The molecule has 1 aliphatic rings. The van der Waals surface area contributed by atoms with Gasteiger partial charge < -0.3 is 10.6 Å². The molecule has 0 aliphatic carbocycles. The maximum absolute atomic E-state index is 12.2. The highest BCUT2D eigenvalue weighted by atomic mass is 32.1. The van der Waals surface area contributed by atoms with Crippen LogP contribution >= 0.6 is 11.3 Å². The summed E-state index contributed by atoms with van der Waals surface area (Å²) in [7, 11) is 0. The quantitative estimate of drug-likeness (QED) is 0.868. The lowest BCUT2D eigenvalue weighted by Crippen LogP contribution is -2.48. The van der Waals surface area contributed by atoms with Gasteiger partial charge in [0.2, 0.25) is 11.8 Å². The summed E-state index contributed by atoms with van der Waals surface area (Å²) in [5.74, 6) is -0.574. The number of carbonyl (C=O) groups is 2. The third kappa shape index (κ3) is 3.48. The molecule has 0 radical (unpaired) electrons. The van der Waals surface area contributed by atoms with Crippen molar-refractivity contribution in [2.24, 2.45) is 11.7 Å². The second-order valence-corrected chi connectivity index (χ2v) is 6.62. The molecule has 20 heavy (non-hydrogen) atoms. The second kappa shape index (κ2) is 6.22. The van der Waals surface area contributed by atoms with Crippen LogP contribution in [0.25, 0.3) is 6.08 Å². The molecule has 0 spiro atoms. The van der Waals surface area contributed by atoms with E-state index in [1.54, 1.807) is 22.3 Å². The van der Waals surface area contributed by atoms with Gasteiger partial charge in [-0.25, -0.2) is 0 Å². The van der Waals surface area contributed by atoms with E-state index >= 15 is 0 Å². The van der Waals surface area contributed by atoms with Gasteiger partial charge in [0.25, 0.3) is 0 Å². The molecule has 2 amide bonds. The van der Waals surface area contributed by atoms with E-state index in [-0.39, 0.29) is 23.8 Å². The van der Waals surface area contributed by atoms with Crippen LogP contribution in [0.2, 0.25) is 0 Å². The van der Waals surface area contributed by atoms with Crippen LogP contribution in [-0.2, 0) is 9.59 Å². The lowest BCUT2D eigenvalue weighted by molar-refractivity contribution is -0.133. The summed E-state index contributed by atoms with van der Waals surface area (Å²) >= 11 is 1.65. The average molecular weight is 292 g/mol. The van der Waals surface area contributed by atoms with E-state index in [0.29, 0.717) is 6.54 Å². The Morgan fingerprint density at radius 2 is 2.15 bits per heavy atom. The molecular formula is C15H20N2O2S. The lowest BCUT2D eigenvalue weighted by atomic mass is 9.93. The van der Waals surface area contributed by atoms with Crippen molar-refractivity contribution in [2.75, 3.05) is 6.54 Å². The number of rotatable bonds is 3. The second-order valence-electron chi connectivity index (χ2n) is 5.30. The Bertz CT molecular complexity index is 536. The van der Waals surface area contributed by atoms with E-state index in [4.69, 9.17) is 5.73 Å². The number of nitrogens with zero attached hydrogens (tertiary/aromatic N) is 1. The molecule has 0 saturated carbocycles. The number of hydrogen-bond donors (Lipinski definition) is 1. The number of likely N-dealkylation sites (tertiary alicyclic amines) is 1. The Morgan fingerprint density at radius 1 is 1.40 bits per heavy atom. The first kappa shape index (κ1) is 14.8. The van der Waals surface area contributed by atoms with Crippen molar-refractivity contribution >= 4 is 29.2 Å². The Kier molecular flexibility index (Phi) is 4.60. The minimum Gasteiger partial charge on any atom is -0.369 e. The summed E-state index contributed by atoms with van der Waals surface area (Å²) in [5, 5.41) is 0. The topological polar surface area (TPSA) is 63.4 Å². The summed E-state index contributed by atoms with van der Waals surface area (Å²) in [5.41, 5.74) is 5.35. The molecule has 4 nitrogen and oxygen atoms in total. The molecular weight excluding hydrogens is 272 g/mol. The van der Waals surface area contributed by atoms with Crippen LogP contribution in [0.5, 0.6) is 0 Å². The zero-order valence-electron chi connectivity index (χ0n) is 11.8. The van der Waals surface area contributed by atoms with Crippen molar-refractivity contribution in [3.8, 4) is 0 Å². The summed E-state index contributed by atoms with van der Waals surface area (Å²) in [6, 6.07) is 4.18. The molecule has 1 aliphatic heterocycles. The third-order valence-corrected chi connectivity index (χ3v) is 4.68. The Hall–Kier alpha value is -1.62. The van der Waals surface area contributed by atoms with Crippen LogP contribution in [0, 0.1) is 12.8 Å². The number of aryl methyl sites for hydroxylation is 1. The maximum atomic E-state index is 12.2. The Balaban J connectivity index is 2.03. The number of piperidine rings is 1. The SMILES string of the molecule is Cc1ccc(/C=C/C(=O)N2C[C@H](C(N)=O)CC[C@@H]2C)s1. The molecule has 1 aromatic heterocycles. The number of thiophene rings is 1. The molecule has 1 saturated heterocycles. The van der Waals surface area contributed by atoms with Crippen LogP contribution in [-0.4, -0.2) is 29.3 Å². The summed E-state index contributed by atoms with van der Waals surface area (Å²) in [6.07, 6.45) is 5.02. The van der Waals surface area contributed by atoms with E-state index in [1.165, 1.54) is 4.88 Å². The zero-order chi connectivity index (χ0) is 14.7. The fraction of sp³-hybridized carbons (Fsp3) is 0.467. The molecule has 1 fully saturated rings. The molecule has 0 aromatic carbocycles. The summed E-state index contributed by atoms with van der Waals surface area (Å²) < 4.78 is 0. The van der Waals surface area contributed by atoms with Gasteiger partial charge in [0.1, 0.15) is 0 Å². The molecule has 5 heteroatoms. The Morgan fingerprint density at radius 3 is 2.75 bits per heavy atom. The number of amides is 2. The van der Waals surface area contributed by atoms with Gasteiger partial charge in [-0.15, -0.1) is 11.3 Å². The predicted molar refractivity (Wildman–Crippen MR) is 81.2 cm³/mol. The largest absolute Gasteiger partial charge is 0.369 e. The third-order valence-electron chi connectivity index (χ3n) is 3.72. The molecule has 0 bridgehead atoms. The van der Waals surface area contributed by atoms with Gasteiger partial charge in [-0.1, -0.05) is 0 Å². The van der Waals surface area contributed by atoms with Crippen LogP contribution in [0.15, 0.2) is 18.2 Å². The number of primary amides is 1. The minimum absolute atomic E-state index is 0.0468. The molecule has 108 valence electrons. The highest BCUT2D eigenvalue weighted by Crippen LogP contribution is 2.22. The van der Waals surface area contributed by atoms with Gasteiger partial charge in [-0.05, 0) is 44.9 Å². The predicted octanol–water partition coefficient (Wildman–Crippen LogP) is 2.18. The van der Waals surface area contributed by atoms with Crippen molar-refractivity contribution in [2.45, 2.75) is 32.7 Å². The maximum Gasteiger partial charge on any atom is 0.246 e. The molecule has 2 N–H and O–H groups in total. The van der Waals surface area contributed by atoms with E-state index in [9.17, 15) is 9.59 Å². The van der Waals surface area contributed by atoms with Crippen molar-refractivity contribution in [1.29, 1.82) is 0 Å². The molecule has 2 atom stereocenters. The van der Waals surface area contributed by atoms with Crippen LogP contribution in [0.3, 0.4) is 0 Å². The van der Waals surface area contributed by atoms with Crippen LogP contribution < -0.4 is 5.73 Å². The van der Waals surface area contributed by atoms with E-state index in [1.807, 2.05) is 32.1 Å². The molecule has 2 rings (SSSR count). The fourth-order valence-electron chi connectivity index (χ4n) is 2.44. The molecule has 2 heterocycles. The van der Waals surface area contributed by atoms with Gasteiger partial charge >= 0.3 is 0 Å². The van der Waals surface area contributed by atoms with E-state index in [0.717, 1.165) is 17.7 Å². The average Bonchev–Trinajstić information content (AvgIpc) is 2.82. The van der Waals surface area contributed by atoms with Gasteiger partial charge in [0, 0.05) is 28.4 Å². The first-order valence-electron chi connectivity index (χ1n) is 6.82. The monoisotopic (exact) mass is 292 g/mol. The van der Waals surface area contributed by atoms with Crippen molar-refractivity contribution in [1.82, 2.24) is 4.90 Å². The molecule has 0 unspecified atom stereocenters. The minimum atomic E-state index is -0.312. The highest BCUT2D eigenvalue weighted by Gasteiger charge is 2.30. The summed E-state index contributed by atoms with van der Waals surface area (Å²) in [6.45, 7) is 4.48. The van der Waals surface area contributed by atoms with E-state index < -0.39 is 0 Å². The van der Waals surface area contributed by atoms with Crippen LogP contribution in [0.4, 0.5) is 0 Å². The standard InChI is InChI=1S/C15H20N2O2S/c1-10-3-5-12(15(16)19)9-17(10)14(18)8-7-13-6-4-11(2)20-13/h4,6-8,10,12H,3,5,9H2,1-2H3,(H2,16,19)/b8-7+/t10-,12+/m0/s1. The smallest absolute Gasteiger partial charge is 0.246 e.